The lowest BCUT2D eigenvalue weighted by atomic mass is 10.0. The zero-order chi connectivity index (χ0) is 24.5. The van der Waals surface area contributed by atoms with E-state index in [0.717, 1.165) is 34.1 Å². The van der Waals surface area contributed by atoms with Crippen LogP contribution in [0.25, 0.3) is 22.3 Å². The minimum atomic E-state index is -0.375. The van der Waals surface area contributed by atoms with Gasteiger partial charge in [0, 0.05) is 60.1 Å². The molecule has 1 aliphatic rings. The number of carbonyl (C=O) groups excluding carboxylic acids is 2. The Bertz CT molecular complexity index is 1380. The molecule has 1 amide bonds. The number of nitrogens with zero attached hydrogens (tertiary/aromatic N) is 3. The summed E-state index contributed by atoms with van der Waals surface area (Å²) in [5.74, 6) is 1.11. The zero-order valence-corrected chi connectivity index (χ0v) is 20.1. The summed E-state index contributed by atoms with van der Waals surface area (Å²) in [4.78, 5) is 34.7. The van der Waals surface area contributed by atoms with Crippen LogP contribution in [0.1, 0.15) is 59.3 Å². The molecular weight excluding hydrogens is 444 g/mol. The highest BCUT2D eigenvalue weighted by molar-refractivity contribution is 5.96. The van der Waals surface area contributed by atoms with Crippen LogP contribution in [0.15, 0.2) is 47.0 Å². The van der Waals surface area contributed by atoms with Crippen molar-refractivity contribution in [2.24, 2.45) is 0 Å². The molecule has 0 spiro atoms. The fourth-order valence-electron chi connectivity index (χ4n) is 4.53. The van der Waals surface area contributed by atoms with Gasteiger partial charge in [0.2, 0.25) is 17.6 Å². The minimum absolute atomic E-state index is 0.0372. The lowest BCUT2D eigenvalue weighted by Gasteiger charge is -2.27. The maximum Gasteiger partial charge on any atom is 0.337 e. The molecule has 35 heavy (non-hydrogen) atoms. The van der Waals surface area contributed by atoms with Gasteiger partial charge in [-0.15, -0.1) is 0 Å². The van der Waals surface area contributed by atoms with Crippen LogP contribution in [0.4, 0.5) is 0 Å². The van der Waals surface area contributed by atoms with E-state index in [0.29, 0.717) is 49.1 Å². The summed E-state index contributed by atoms with van der Waals surface area (Å²) in [5, 5.41) is 5.03. The standard InChI is InChI=1S/C27H28N4O4/c1-16(2)17-4-6-18(7-5-17)26-29-24(35-30-26)10-11-25(32)31-13-12-23-21(15-31)20-14-19(27(33)34-3)8-9-22(20)28-23/h4-9,14,16,28H,10-13,15H2,1-3H3. The largest absolute Gasteiger partial charge is 0.465 e. The highest BCUT2D eigenvalue weighted by Gasteiger charge is 2.25. The van der Waals surface area contributed by atoms with Crippen LogP contribution in [0.5, 0.6) is 0 Å². The van der Waals surface area contributed by atoms with Gasteiger partial charge in [0.05, 0.1) is 12.7 Å². The number of H-pyrrole nitrogens is 1. The molecule has 0 unspecified atom stereocenters. The quantitative estimate of drug-likeness (QED) is 0.410. The van der Waals surface area contributed by atoms with Crippen LogP contribution < -0.4 is 0 Å². The number of fused-ring (bicyclic) bond motifs is 3. The Hall–Kier alpha value is -3.94. The first-order valence-corrected chi connectivity index (χ1v) is 11.9. The van der Waals surface area contributed by atoms with E-state index in [-0.39, 0.29) is 11.9 Å². The van der Waals surface area contributed by atoms with Gasteiger partial charge in [0.1, 0.15) is 0 Å². The molecule has 1 aliphatic heterocycles. The van der Waals surface area contributed by atoms with Gasteiger partial charge in [-0.1, -0.05) is 43.3 Å². The molecule has 3 heterocycles. The average molecular weight is 473 g/mol. The summed E-state index contributed by atoms with van der Waals surface area (Å²) in [7, 11) is 1.37. The summed E-state index contributed by atoms with van der Waals surface area (Å²) >= 11 is 0. The van der Waals surface area contributed by atoms with Crippen molar-refractivity contribution in [3.8, 4) is 11.4 Å². The van der Waals surface area contributed by atoms with Gasteiger partial charge in [-0.3, -0.25) is 4.79 Å². The Morgan fingerprint density at radius 1 is 1.17 bits per heavy atom. The predicted octanol–water partition coefficient (Wildman–Crippen LogP) is 4.65. The molecule has 0 saturated carbocycles. The summed E-state index contributed by atoms with van der Waals surface area (Å²) in [5.41, 5.74) is 5.76. The summed E-state index contributed by atoms with van der Waals surface area (Å²) < 4.78 is 10.3. The van der Waals surface area contributed by atoms with E-state index < -0.39 is 0 Å². The van der Waals surface area contributed by atoms with Crippen molar-refractivity contribution in [1.82, 2.24) is 20.0 Å². The van der Waals surface area contributed by atoms with E-state index in [9.17, 15) is 9.59 Å². The second-order valence-electron chi connectivity index (χ2n) is 9.19. The van der Waals surface area contributed by atoms with Crippen molar-refractivity contribution in [2.45, 2.75) is 45.6 Å². The molecule has 2 aromatic heterocycles. The molecule has 8 nitrogen and oxygen atoms in total. The molecule has 0 bridgehead atoms. The maximum atomic E-state index is 13.0. The lowest BCUT2D eigenvalue weighted by molar-refractivity contribution is -0.132. The average Bonchev–Trinajstić information content (AvgIpc) is 3.50. The first-order chi connectivity index (χ1) is 16.9. The van der Waals surface area contributed by atoms with Crippen molar-refractivity contribution >= 4 is 22.8 Å². The Kier molecular flexibility index (Phi) is 6.11. The number of aromatic amines is 1. The highest BCUT2D eigenvalue weighted by atomic mass is 16.5. The van der Waals surface area contributed by atoms with Crippen LogP contribution in [0.3, 0.4) is 0 Å². The molecule has 0 aliphatic carbocycles. The number of nitrogens with one attached hydrogen (secondary N) is 1. The zero-order valence-electron chi connectivity index (χ0n) is 20.1. The van der Waals surface area contributed by atoms with Crippen LogP contribution >= 0.6 is 0 Å². The lowest BCUT2D eigenvalue weighted by Crippen LogP contribution is -2.35. The molecule has 5 rings (SSSR count). The number of aryl methyl sites for hydroxylation is 1. The van der Waals surface area contributed by atoms with Crippen LogP contribution in [-0.2, 0) is 28.9 Å². The van der Waals surface area contributed by atoms with Gasteiger partial charge in [-0.05, 0) is 29.7 Å². The number of aromatic nitrogens is 3. The van der Waals surface area contributed by atoms with E-state index in [2.05, 4.69) is 41.1 Å². The van der Waals surface area contributed by atoms with Gasteiger partial charge in [-0.2, -0.15) is 4.98 Å². The first kappa shape index (κ1) is 22.8. The van der Waals surface area contributed by atoms with Gasteiger partial charge in [-0.25, -0.2) is 4.79 Å². The highest BCUT2D eigenvalue weighted by Crippen LogP contribution is 2.29. The number of rotatable bonds is 6. The number of hydrogen-bond donors (Lipinski definition) is 1. The summed E-state index contributed by atoms with van der Waals surface area (Å²) in [6.07, 6.45) is 1.42. The number of esters is 1. The van der Waals surface area contributed by atoms with Crippen molar-refractivity contribution in [2.75, 3.05) is 13.7 Å². The van der Waals surface area contributed by atoms with E-state index >= 15 is 0 Å². The van der Waals surface area contributed by atoms with Gasteiger partial charge >= 0.3 is 5.97 Å². The van der Waals surface area contributed by atoms with Crippen LogP contribution in [-0.4, -0.2) is 45.6 Å². The molecule has 4 aromatic rings. The number of methoxy groups -OCH3 is 1. The third kappa shape index (κ3) is 4.56. The first-order valence-electron chi connectivity index (χ1n) is 11.9. The number of amides is 1. The molecule has 180 valence electrons. The second kappa shape index (κ2) is 9.37. The Balaban J connectivity index is 1.24. The fraction of sp³-hybridized carbons (Fsp3) is 0.333. The van der Waals surface area contributed by atoms with E-state index in [1.54, 1.807) is 6.07 Å². The van der Waals surface area contributed by atoms with Crippen LogP contribution in [0.2, 0.25) is 0 Å². The third-order valence-electron chi connectivity index (χ3n) is 6.61. The van der Waals surface area contributed by atoms with Crippen LogP contribution in [0, 0.1) is 0 Å². The Labute approximate surface area is 203 Å². The van der Waals surface area contributed by atoms with Crippen molar-refractivity contribution in [3.05, 3.63) is 70.7 Å². The second-order valence-corrected chi connectivity index (χ2v) is 9.19. The molecule has 0 radical (unpaired) electrons. The minimum Gasteiger partial charge on any atom is -0.465 e. The SMILES string of the molecule is COC(=O)c1ccc2[nH]c3c(c2c1)CN(C(=O)CCc1nc(-c2ccc(C(C)C)cc2)no1)CC3. The van der Waals surface area contributed by atoms with Crippen molar-refractivity contribution in [1.29, 1.82) is 0 Å². The number of benzene rings is 2. The van der Waals surface area contributed by atoms with Gasteiger partial charge < -0.3 is 19.1 Å². The number of carbonyl (C=O) groups is 2. The molecule has 0 fully saturated rings. The third-order valence-corrected chi connectivity index (χ3v) is 6.61. The van der Waals surface area contributed by atoms with E-state index in [1.807, 2.05) is 29.2 Å². The summed E-state index contributed by atoms with van der Waals surface area (Å²) in [6, 6.07) is 13.6. The molecule has 1 N–H and O–H groups in total. The molecule has 2 aromatic carbocycles. The van der Waals surface area contributed by atoms with Crippen molar-refractivity contribution in [3.63, 3.8) is 0 Å². The van der Waals surface area contributed by atoms with Gasteiger partial charge in [0.15, 0.2) is 0 Å². The Morgan fingerprint density at radius 2 is 1.97 bits per heavy atom. The van der Waals surface area contributed by atoms with Crippen molar-refractivity contribution < 1.29 is 18.8 Å². The smallest absolute Gasteiger partial charge is 0.337 e. The number of hydrogen-bond acceptors (Lipinski definition) is 6. The van der Waals surface area contributed by atoms with E-state index in [1.165, 1.54) is 12.7 Å². The molecule has 8 heteroatoms. The monoisotopic (exact) mass is 472 g/mol. The number of ether oxygens (including phenoxy) is 1. The predicted molar refractivity (Wildman–Crippen MR) is 131 cm³/mol. The topological polar surface area (TPSA) is 101 Å². The van der Waals surface area contributed by atoms with Gasteiger partial charge in [0.25, 0.3) is 0 Å². The fourth-order valence-corrected chi connectivity index (χ4v) is 4.53. The maximum absolute atomic E-state index is 13.0. The van der Waals surface area contributed by atoms with E-state index in [4.69, 9.17) is 9.26 Å². The Morgan fingerprint density at radius 3 is 2.71 bits per heavy atom. The molecule has 0 atom stereocenters. The normalized spacial score (nSPS) is 13.3. The summed E-state index contributed by atoms with van der Waals surface area (Å²) in [6.45, 7) is 5.44. The molecular formula is C27H28N4O4. The molecule has 0 saturated heterocycles.